The van der Waals surface area contributed by atoms with Gasteiger partial charge >= 0.3 is 0 Å². The van der Waals surface area contributed by atoms with Crippen molar-refractivity contribution in [3.8, 4) is 5.75 Å². The highest BCUT2D eigenvalue weighted by molar-refractivity contribution is 5.84. The zero-order valence-electron chi connectivity index (χ0n) is 22.3. The van der Waals surface area contributed by atoms with Crippen LogP contribution in [-0.4, -0.2) is 35.6 Å². The van der Waals surface area contributed by atoms with Crippen LogP contribution in [0.1, 0.15) is 109 Å². The Balaban J connectivity index is 1.84. The third-order valence-corrected chi connectivity index (χ3v) is 7.59. The highest BCUT2D eigenvalue weighted by Gasteiger charge is 2.24. The summed E-state index contributed by atoms with van der Waals surface area (Å²) in [7, 11) is 1.64. The Morgan fingerprint density at radius 2 is 1.57 bits per heavy atom. The molecule has 3 rings (SSSR count). The molecule has 0 spiro atoms. The molecule has 0 radical (unpaired) electrons. The molecule has 5 heteroatoms. The van der Waals surface area contributed by atoms with Gasteiger partial charge in [-0.15, -0.1) is 0 Å². The van der Waals surface area contributed by atoms with Gasteiger partial charge in [-0.25, -0.2) is 0 Å². The Kier molecular flexibility index (Phi) is 11.2. The number of benzene rings is 1. The third-order valence-electron chi connectivity index (χ3n) is 7.59. The average Bonchev–Trinajstić information content (AvgIpc) is 3.41. The summed E-state index contributed by atoms with van der Waals surface area (Å²) in [6.07, 6.45) is 15.0. The van der Waals surface area contributed by atoms with Crippen LogP contribution in [0.5, 0.6) is 5.75 Å². The van der Waals surface area contributed by atoms with Gasteiger partial charge < -0.3 is 9.64 Å². The van der Waals surface area contributed by atoms with E-state index in [4.69, 9.17) is 4.74 Å². The molecule has 1 aromatic heterocycles. The van der Waals surface area contributed by atoms with E-state index in [0.717, 1.165) is 74.5 Å². The summed E-state index contributed by atoms with van der Waals surface area (Å²) in [5, 5.41) is 1.01. The number of rotatable bonds is 15. The van der Waals surface area contributed by atoms with Gasteiger partial charge in [0, 0.05) is 24.7 Å². The fourth-order valence-electron chi connectivity index (χ4n) is 5.42. The molecule has 2 aromatic rings. The first-order valence-corrected chi connectivity index (χ1v) is 14.1. The van der Waals surface area contributed by atoms with E-state index in [2.05, 4.69) is 19.9 Å². The van der Waals surface area contributed by atoms with Gasteiger partial charge in [-0.1, -0.05) is 71.6 Å². The standard InChI is InChI=1S/C30H46N2O3/c1-4-6-8-9-10-14-20-31(19-13-7-5-2)29(33)23-32-28-22-26(35-3)18-17-25(28)21-27(30(32)34)24-15-11-12-16-24/h17-18,21-22,24H,4-16,19-20,23H2,1-3H3. The first kappa shape index (κ1) is 27.3. The quantitative estimate of drug-likeness (QED) is 0.256. The molecular weight excluding hydrogens is 436 g/mol. The molecule has 5 nitrogen and oxygen atoms in total. The Morgan fingerprint density at radius 1 is 0.943 bits per heavy atom. The Labute approximate surface area is 211 Å². The molecule has 194 valence electrons. The zero-order valence-corrected chi connectivity index (χ0v) is 22.3. The van der Waals surface area contributed by atoms with Crippen molar-refractivity contribution in [2.24, 2.45) is 0 Å². The molecule has 0 atom stereocenters. The predicted molar refractivity (Wildman–Crippen MR) is 145 cm³/mol. The van der Waals surface area contributed by atoms with E-state index in [-0.39, 0.29) is 18.0 Å². The van der Waals surface area contributed by atoms with Crippen molar-refractivity contribution in [2.75, 3.05) is 20.2 Å². The lowest BCUT2D eigenvalue weighted by atomic mass is 9.97. The molecular formula is C30H46N2O3. The number of fused-ring (bicyclic) bond motifs is 1. The highest BCUT2D eigenvalue weighted by atomic mass is 16.5. The smallest absolute Gasteiger partial charge is 0.255 e. The number of hydrogen-bond acceptors (Lipinski definition) is 3. The molecule has 0 saturated heterocycles. The van der Waals surface area contributed by atoms with Crippen LogP contribution >= 0.6 is 0 Å². The number of methoxy groups -OCH3 is 1. The second-order valence-electron chi connectivity index (χ2n) is 10.3. The van der Waals surface area contributed by atoms with Gasteiger partial charge in [0.05, 0.1) is 12.6 Å². The first-order chi connectivity index (χ1) is 17.1. The van der Waals surface area contributed by atoms with Gasteiger partial charge in [-0.05, 0) is 55.2 Å². The molecule has 0 aliphatic heterocycles. The fourth-order valence-corrected chi connectivity index (χ4v) is 5.42. The topological polar surface area (TPSA) is 51.5 Å². The SMILES string of the molecule is CCCCCCCCN(CCCCC)C(=O)Cn1c(=O)c(C2CCCC2)cc2ccc(OC)cc21. The van der Waals surface area contributed by atoms with Gasteiger partial charge in [-0.2, -0.15) is 0 Å². The Bertz CT molecular complexity index is 991. The van der Waals surface area contributed by atoms with Crippen LogP contribution < -0.4 is 10.3 Å². The molecule has 0 bridgehead atoms. The first-order valence-electron chi connectivity index (χ1n) is 14.1. The van der Waals surface area contributed by atoms with E-state index in [1.54, 1.807) is 11.7 Å². The van der Waals surface area contributed by atoms with E-state index >= 15 is 0 Å². The minimum absolute atomic E-state index is 0.000855. The number of carbonyl (C=O) groups excluding carboxylic acids is 1. The molecule has 0 unspecified atom stereocenters. The molecule has 35 heavy (non-hydrogen) atoms. The fraction of sp³-hybridized carbons (Fsp3) is 0.667. The van der Waals surface area contributed by atoms with Crippen molar-refractivity contribution >= 4 is 16.8 Å². The van der Waals surface area contributed by atoms with Crippen LogP contribution in [0.3, 0.4) is 0 Å². The van der Waals surface area contributed by atoms with Crippen molar-refractivity contribution in [3.05, 3.63) is 40.2 Å². The summed E-state index contributed by atoms with van der Waals surface area (Å²) >= 11 is 0. The maximum Gasteiger partial charge on any atom is 0.255 e. The van der Waals surface area contributed by atoms with Gasteiger partial charge in [0.25, 0.3) is 5.56 Å². The van der Waals surface area contributed by atoms with Crippen molar-refractivity contribution in [2.45, 2.75) is 110 Å². The number of hydrogen-bond donors (Lipinski definition) is 0. The van der Waals surface area contributed by atoms with Crippen LogP contribution in [-0.2, 0) is 11.3 Å². The van der Waals surface area contributed by atoms with E-state index in [1.807, 2.05) is 23.1 Å². The number of aromatic nitrogens is 1. The van der Waals surface area contributed by atoms with Crippen molar-refractivity contribution in [1.82, 2.24) is 9.47 Å². The second-order valence-corrected chi connectivity index (χ2v) is 10.3. The van der Waals surface area contributed by atoms with E-state index in [1.165, 1.54) is 38.5 Å². The van der Waals surface area contributed by atoms with Crippen molar-refractivity contribution < 1.29 is 9.53 Å². The van der Waals surface area contributed by atoms with Crippen LogP contribution in [0.15, 0.2) is 29.1 Å². The number of unbranched alkanes of at least 4 members (excludes halogenated alkanes) is 7. The highest BCUT2D eigenvalue weighted by Crippen LogP contribution is 2.34. The lowest BCUT2D eigenvalue weighted by Crippen LogP contribution is -2.38. The molecule has 1 fully saturated rings. The maximum absolute atomic E-state index is 13.7. The molecule has 1 amide bonds. The number of amides is 1. The van der Waals surface area contributed by atoms with Gasteiger partial charge in [0.15, 0.2) is 0 Å². The molecule has 1 aromatic carbocycles. The zero-order chi connectivity index (χ0) is 25.0. The number of nitrogens with zero attached hydrogens (tertiary/aromatic N) is 2. The summed E-state index contributed by atoms with van der Waals surface area (Å²) in [6, 6.07) is 7.91. The Hall–Kier alpha value is -2.30. The summed E-state index contributed by atoms with van der Waals surface area (Å²) in [5.41, 5.74) is 1.66. The van der Waals surface area contributed by atoms with Crippen LogP contribution in [0.25, 0.3) is 10.9 Å². The van der Waals surface area contributed by atoms with Crippen LogP contribution in [0.4, 0.5) is 0 Å². The minimum Gasteiger partial charge on any atom is -0.497 e. The number of ether oxygens (including phenoxy) is 1. The maximum atomic E-state index is 13.7. The summed E-state index contributed by atoms with van der Waals surface area (Å²) in [6.45, 7) is 6.09. The monoisotopic (exact) mass is 482 g/mol. The van der Waals surface area contributed by atoms with E-state index in [0.29, 0.717) is 11.7 Å². The second kappa shape index (κ2) is 14.3. The van der Waals surface area contributed by atoms with E-state index in [9.17, 15) is 9.59 Å². The molecule has 0 N–H and O–H groups in total. The normalized spacial score (nSPS) is 14.0. The van der Waals surface area contributed by atoms with Crippen LogP contribution in [0.2, 0.25) is 0 Å². The summed E-state index contributed by atoms with van der Waals surface area (Å²) in [4.78, 5) is 29.3. The summed E-state index contributed by atoms with van der Waals surface area (Å²) in [5.74, 6) is 1.07. The van der Waals surface area contributed by atoms with E-state index < -0.39 is 0 Å². The molecule has 1 aliphatic carbocycles. The third kappa shape index (κ3) is 7.59. The lowest BCUT2D eigenvalue weighted by molar-refractivity contribution is -0.132. The average molecular weight is 483 g/mol. The van der Waals surface area contributed by atoms with Crippen LogP contribution in [0, 0.1) is 0 Å². The van der Waals surface area contributed by atoms with Crippen molar-refractivity contribution in [3.63, 3.8) is 0 Å². The van der Waals surface area contributed by atoms with Crippen molar-refractivity contribution in [1.29, 1.82) is 0 Å². The molecule has 1 heterocycles. The predicted octanol–water partition coefficient (Wildman–Crippen LogP) is 7.05. The Morgan fingerprint density at radius 3 is 2.26 bits per heavy atom. The summed E-state index contributed by atoms with van der Waals surface area (Å²) < 4.78 is 7.17. The number of pyridine rings is 1. The molecule has 1 aliphatic rings. The molecule has 1 saturated carbocycles. The van der Waals surface area contributed by atoms with Gasteiger partial charge in [0.1, 0.15) is 12.3 Å². The lowest BCUT2D eigenvalue weighted by Gasteiger charge is -2.24. The van der Waals surface area contributed by atoms with Gasteiger partial charge in [-0.3, -0.25) is 14.2 Å². The van der Waals surface area contributed by atoms with Gasteiger partial charge in [0.2, 0.25) is 5.91 Å². The number of carbonyl (C=O) groups is 1. The minimum atomic E-state index is -0.000855. The largest absolute Gasteiger partial charge is 0.497 e.